The first-order chi connectivity index (χ1) is 10.5. The van der Waals surface area contributed by atoms with E-state index in [1.54, 1.807) is 24.3 Å². The lowest BCUT2D eigenvalue weighted by Crippen LogP contribution is -2.33. The molecule has 2 rings (SSSR count). The van der Waals surface area contributed by atoms with E-state index in [-0.39, 0.29) is 5.75 Å². The third kappa shape index (κ3) is 4.26. The van der Waals surface area contributed by atoms with Crippen LogP contribution in [-0.2, 0) is 16.0 Å². The molecule has 0 aliphatic heterocycles. The normalized spacial score (nSPS) is 11.8. The molecule has 0 fully saturated rings. The Morgan fingerprint density at radius 2 is 1.68 bits per heavy atom. The number of carbonyl (C=O) groups excluding carboxylic acids is 1. The average molecular weight is 307 g/mol. The van der Waals surface area contributed by atoms with E-state index in [9.17, 15) is 13.6 Å². The topological polar surface area (TPSA) is 61.5 Å². The third-order valence-electron chi connectivity index (χ3n) is 2.95. The first kappa shape index (κ1) is 15.9. The largest absolute Gasteiger partial charge is 0.468 e. The molecular weight excluding hydrogens is 292 g/mol. The molecule has 0 unspecified atom stereocenters. The Morgan fingerprint density at radius 1 is 1.09 bits per heavy atom. The Hall–Kier alpha value is -2.47. The second kappa shape index (κ2) is 7.00. The Labute approximate surface area is 126 Å². The lowest BCUT2D eigenvalue weighted by molar-refractivity contribution is -0.142. The van der Waals surface area contributed by atoms with Crippen molar-refractivity contribution in [2.45, 2.75) is 12.5 Å². The Morgan fingerprint density at radius 3 is 2.23 bits per heavy atom. The standard InChI is InChI=1S/C16H15F2NO3/c1-21-16(20)15(19)6-10-2-4-13(5-3-10)22-14-8-11(17)7-12(18)9-14/h2-5,7-9,15H,6,19H2,1H3/t15-/m1/s1. The molecule has 2 aromatic carbocycles. The molecule has 4 nitrogen and oxygen atoms in total. The maximum absolute atomic E-state index is 13.1. The molecule has 0 spiro atoms. The molecular formula is C16H15F2NO3. The van der Waals surface area contributed by atoms with E-state index in [0.717, 1.165) is 23.8 Å². The molecule has 0 amide bonds. The number of methoxy groups -OCH3 is 1. The van der Waals surface area contributed by atoms with Crippen LogP contribution < -0.4 is 10.5 Å². The summed E-state index contributed by atoms with van der Waals surface area (Å²) in [5, 5.41) is 0. The van der Waals surface area contributed by atoms with Gasteiger partial charge in [0.25, 0.3) is 0 Å². The van der Waals surface area contributed by atoms with E-state index >= 15 is 0 Å². The zero-order valence-corrected chi connectivity index (χ0v) is 11.9. The number of ether oxygens (including phenoxy) is 2. The molecule has 2 N–H and O–H groups in total. The van der Waals surface area contributed by atoms with E-state index in [4.69, 9.17) is 10.5 Å². The van der Waals surface area contributed by atoms with Gasteiger partial charge in [-0.3, -0.25) is 4.79 Å². The number of esters is 1. The van der Waals surface area contributed by atoms with Crippen LogP contribution in [0.15, 0.2) is 42.5 Å². The number of benzene rings is 2. The zero-order valence-electron chi connectivity index (χ0n) is 11.9. The van der Waals surface area contributed by atoms with Crippen LogP contribution in [-0.4, -0.2) is 19.1 Å². The lowest BCUT2D eigenvalue weighted by Gasteiger charge is -2.10. The van der Waals surface area contributed by atoms with Crippen molar-refractivity contribution in [3.8, 4) is 11.5 Å². The van der Waals surface area contributed by atoms with E-state index in [0.29, 0.717) is 12.2 Å². The molecule has 116 valence electrons. The van der Waals surface area contributed by atoms with Crippen LogP contribution in [0.1, 0.15) is 5.56 Å². The van der Waals surface area contributed by atoms with Crippen molar-refractivity contribution in [1.82, 2.24) is 0 Å². The van der Waals surface area contributed by atoms with Gasteiger partial charge in [0.2, 0.25) is 0 Å². The minimum atomic E-state index is -0.742. The van der Waals surface area contributed by atoms with Crippen molar-refractivity contribution in [2.75, 3.05) is 7.11 Å². The van der Waals surface area contributed by atoms with Gasteiger partial charge in [-0.25, -0.2) is 8.78 Å². The highest BCUT2D eigenvalue weighted by atomic mass is 19.1. The van der Waals surface area contributed by atoms with Gasteiger partial charge >= 0.3 is 5.97 Å². The van der Waals surface area contributed by atoms with E-state index < -0.39 is 23.6 Å². The summed E-state index contributed by atoms with van der Waals surface area (Å²) in [6.45, 7) is 0. The summed E-state index contributed by atoms with van der Waals surface area (Å²) in [6.07, 6.45) is 0.321. The van der Waals surface area contributed by atoms with Crippen LogP contribution in [0, 0.1) is 11.6 Å². The molecule has 22 heavy (non-hydrogen) atoms. The fourth-order valence-electron chi connectivity index (χ4n) is 1.91. The molecule has 0 radical (unpaired) electrons. The molecule has 0 aromatic heterocycles. The first-order valence-corrected chi connectivity index (χ1v) is 6.54. The van der Waals surface area contributed by atoms with Crippen LogP contribution in [0.5, 0.6) is 11.5 Å². The molecule has 6 heteroatoms. The molecule has 1 atom stereocenters. The predicted molar refractivity (Wildman–Crippen MR) is 76.6 cm³/mol. The number of hydrogen-bond donors (Lipinski definition) is 1. The van der Waals surface area contributed by atoms with Crippen LogP contribution in [0.4, 0.5) is 8.78 Å². The molecule has 0 aliphatic carbocycles. The molecule has 0 heterocycles. The van der Waals surface area contributed by atoms with Gasteiger partial charge in [-0.05, 0) is 24.1 Å². The van der Waals surface area contributed by atoms with Gasteiger partial charge < -0.3 is 15.2 Å². The highest BCUT2D eigenvalue weighted by Crippen LogP contribution is 2.23. The molecule has 0 bridgehead atoms. The number of halogens is 2. The van der Waals surface area contributed by atoms with E-state index in [1.165, 1.54) is 7.11 Å². The summed E-state index contributed by atoms with van der Waals surface area (Å²) in [6, 6.07) is 8.89. The fourth-order valence-corrected chi connectivity index (χ4v) is 1.91. The number of hydrogen-bond acceptors (Lipinski definition) is 4. The van der Waals surface area contributed by atoms with E-state index in [2.05, 4.69) is 4.74 Å². The van der Waals surface area contributed by atoms with Crippen molar-refractivity contribution < 1.29 is 23.0 Å². The van der Waals surface area contributed by atoms with Gasteiger partial charge in [-0.1, -0.05) is 12.1 Å². The highest BCUT2D eigenvalue weighted by Gasteiger charge is 2.14. The lowest BCUT2D eigenvalue weighted by atomic mass is 10.1. The summed E-state index contributed by atoms with van der Waals surface area (Å²) >= 11 is 0. The van der Waals surface area contributed by atoms with Gasteiger partial charge in [0.05, 0.1) is 7.11 Å². The minimum Gasteiger partial charge on any atom is -0.468 e. The third-order valence-corrected chi connectivity index (χ3v) is 2.95. The number of nitrogens with two attached hydrogens (primary N) is 1. The van der Waals surface area contributed by atoms with Crippen LogP contribution >= 0.6 is 0 Å². The Balaban J connectivity index is 2.04. The molecule has 0 saturated carbocycles. The Kier molecular flexibility index (Phi) is 5.06. The monoisotopic (exact) mass is 307 g/mol. The van der Waals surface area contributed by atoms with Gasteiger partial charge in [0.15, 0.2) is 0 Å². The summed E-state index contributed by atoms with van der Waals surface area (Å²) < 4.78 is 36.1. The quantitative estimate of drug-likeness (QED) is 0.863. The van der Waals surface area contributed by atoms with Crippen LogP contribution in [0.3, 0.4) is 0 Å². The summed E-state index contributed by atoms with van der Waals surface area (Å²) in [4.78, 5) is 11.2. The van der Waals surface area contributed by atoms with Gasteiger partial charge in [-0.2, -0.15) is 0 Å². The second-order valence-corrected chi connectivity index (χ2v) is 4.68. The van der Waals surface area contributed by atoms with Crippen molar-refractivity contribution in [1.29, 1.82) is 0 Å². The van der Waals surface area contributed by atoms with Crippen LogP contribution in [0.25, 0.3) is 0 Å². The first-order valence-electron chi connectivity index (χ1n) is 6.54. The second-order valence-electron chi connectivity index (χ2n) is 4.68. The summed E-state index contributed by atoms with van der Waals surface area (Å²) in [7, 11) is 1.28. The van der Waals surface area contributed by atoms with Gasteiger partial charge in [0, 0.05) is 18.2 Å². The molecule has 0 aliphatic rings. The van der Waals surface area contributed by atoms with Crippen molar-refractivity contribution >= 4 is 5.97 Å². The van der Waals surface area contributed by atoms with Gasteiger partial charge in [0.1, 0.15) is 29.2 Å². The number of carbonyl (C=O) groups is 1. The number of rotatable bonds is 5. The smallest absolute Gasteiger partial charge is 0.322 e. The van der Waals surface area contributed by atoms with Crippen molar-refractivity contribution in [3.63, 3.8) is 0 Å². The maximum Gasteiger partial charge on any atom is 0.322 e. The van der Waals surface area contributed by atoms with Crippen LogP contribution in [0.2, 0.25) is 0 Å². The maximum atomic E-state index is 13.1. The van der Waals surface area contributed by atoms with E-state index in [1.807, 2.05) is 0 Å². The SMILES string of the molecule is COC(=O)[C@H](N)Cc1ccc(Oc2cc(F)cc(F)c2)cc1. The fraction of sp³-hybridized carbons (Fsp3) is 0.188. The van der Waals surface area contributed by atoms with Gasteiger partial charge in [-0.15, -0.1) is 0 Å². The van der Waals surface area contributed by atoms with Crippen molar-refractivity contribution in [3.05, 3.63) is 59.7 Å². The molecule has 2 aromatic rings. The minimum absolute atomic E-state index is 0.0662. The zero-order chi connectivity index (χ0) is 16.1. The predicted octanol–water partition coefficient (Wildman–Crippen LogP) is 2.80. The van der Waals surface area contributed by atoms with Crippen molar-refractivity contribution in [2.24, 2.45) is 5.73 Å². The Bertz CT molecular complexity index is 639. The summed E-state index contributed by atoms with van der Waals surface area (Å²) in [5.74, 6) is -1.43. The summed E-state index contributed by atoms with van der Waals surface area (Å²) in [5.41, 5.74) is 6.48. The molecule has 0 saturated heterocycles. The highest BCUT2D eigenvalue weighted by molar-refractivity contribution is 5.75. The average Bonchev–Trinajstić information content (AvgIpc) is 2.47.